The van der Waals surface area contributed by atoms with E-state index in [1.54, 1.807) is 0 Å². The lowest BCUT2D eigenvalue weighted by Gasteiger charge is -2.19. The number of nitrogens with one attached hydrogen (secondary N) is 1. The summed E-state index contributed by atoms with van der Waals surface area (Å²) in [5, 5.41) is 2.94. The van der Waals surface area contributed by atoms with Gasteiger partial charge in [-0.25, -0.2) is 8.78 Å². The molecule has 0 bridgehead atoms. The maximum Gasteiger partial charge on any atom is 0.411 e. The van der Waals surface area contributed by atoms with E-state index in [9.17, 15) is 22.0 Å². The zero-order valence-corrected chi connectivity index (χ0v) is 10.9. The van der Waals surface area contributed by atoms with Crippen LogP contribution in [0.5, 0.6) is 0 Å². The van der Waals surface area contributed by atoms with Crippen molar-refractivity contribution in [1.82, 2.24) is 5.32 Å². The maximum atomic E-state index is 13.1. The Morgan fingerprint density at radius 1 is 1.20 bits per heavy atom. The summed E-state index contributed by atoms with van der Waals surface area (Å²) in [7, 11) is 0. The fraction of sp³-hybridized carbons (Fsp3) is 0.538. The first-order chi connectivity index (χ1) is 9.33. The van der Waals surface area contributed by atoms with Gasteiger partial charge in [0.25, 0.3) is 0 Å². The molecule has 1 aromatic carbocycles. The van der Waals surface area contributed by atoms with E-state index in [1.165, 1.54) is 6.07 Å². The average Bonchev–Trinajstić information content (AvgIpc) is 2.35. The SMILES string of the molecule is CCCNC(COCC(F)(F)F)c1ccc(F)c(F)c1. The third kappa shape index (κ3) is 5.83. The van der Waals surface area contributed by atoms with Gasteiger partial charge in [-0.15, -0.1) is 0 Å². The van der Waals surface area contributed by atoms with E-state index in [4.69, 9.17) is 0 Å². The molecule has 0 amide bonds. The fourth-order valence-corrected chi connectivity index (χ4v) is 1.61. The Morgan fingerprint density at radius 3 is 2.45 bits per heavy atom. The molecule has 7 heteroatoms. The van der Waals surface area contributed by atoms with Gasteiger partial charge in [-0.05, 0) is 30.7 Å². The van der Waals surface area contributed by atoms with Crippen LogP contribution < -0.4 is 5.32 Å². The predicted octanol–water partition coefficient (Wildman–Crippen LogP) is 3.58. The van der Waals surface area contributed by atoms with Crippen LogP contribution in [-0.2, 0) is 4.74 Å². The lowest BCUT2D eigenvalue weighted by atomic mass is 10.1. The Morgan fingerprint density at radius 2 is 1.90 bits per heavy atom. The second-order valence-corrected chi connectivity index (χ2v) is 4.31. The van der Waals surface area contributed by atoms with Crippen LogP contribution in [0.1, 0.15) is 24.9 Å². The molecule has 1 rings (SSSR count). The molecule has 0 radical (unpaired) electrons. The van der Waals surface area contributed by atoms with Crippen LogP contribution in [-0.4, -0.2) is 25.9 Å². The fourth-order valence-electron chi connectivity index (χ4n) is 1.61. The first kappa shape index (κ1) is 16.8. The summed E-state index contributed by atoms with van der Waals surface area (Å²) < 4.78 is 66.6. The summed E-state index contributed by atoms with van der Waals surface area (Å²) in [5.74, 6) is -2.04. The smallest absolute Gasteiger partial charge is 0.370 e. The second-order valence-electron chi connectivity index (χ2n) is 4.31. The first-order valence-corrected chi connectivity index (χ1v) is 6.16. The summed E-state index contributed by atoms with van der Waals surface area (Å²) >= 11 is 0. The Kier molecular flexibility index (Phi) is 6.35. The monoisotopic (exact) mass is 297 g/mol. The van der Waals surface area contributed by atoms with Crippen molar-refractivity contribution in [3.63, 3.8) is 0 Å². The van der Waals surface area contributed by atoms with Gasteiger partial charge < -0.3 is 10.1 Å². The molecule has 20 heavy (non-hydrogen) atoms. The van der Waals surface area contributed by atoms with Gasteiger partial charge in [-0.3, -0.25) is 0 Å². The van der Waals surface area contributed by atoms with Crippen molar-refractivity contribution in [2.24, 2.45) is 0 Å². The van der Waals surface area contributed by atoms with Crippen molar-refractivity contribution in [2.45, 2.75) is 25.6 Å². The van der Waals surface area contributed by atoms with Crippen LogP contribution in [0.25, 0.3) is 0 Å². The Hall–Kier alpha value is -1.21. The molecular weight excluding hydrogens is 281 g/mol. The van der Waals surface area contributed by atoms with Crippen molar-refractivity contribution in [3.8, 4) is 0 Å². The molecular formula is C13H16F5NO. The molecule has 0 fully saturated rings. The molecule has 0 aliphatic rings. The number of halogens is 5. The van der Waals surface area contributed by atoms with Gasteiger partial charge in [0.05, 0.1) is 12.6 Å². The molecule has 114 valence electrons. The lowest BCUT2D eigenvalue weighted by Crippen LogP contribution is -2.28. The lowest BCUT2D eigenvalue weighted by molar-refractivity contribution is -0.175. The number of hydrogen-bond acceptors (Lipinski definition) is 2. The third-order valence-electron chi connectivity index (χ3n) is 2.54. The number of rotatable bonds is 7. The quantitative estimate of drug-likeness (QED) is 0.777. The van der Waals surface area contributed by atoms with Crippen molar-refractivity contribution in [2.75, 3.05) is 19.8 Å². The summed E-state index contributed by atoms with van der Waals surface area (Å²) in [6, 6.07) is 2.60. The number of hydrogen-bond donors (Lipinski definition) is 1. The highest BCUT2D eigenvalue weighted by atomic mass is 19.4. The topological polar surface area (TPSA) is 21.3 Å². The van der Waals surface area contributed by atoms with Gasteiger partial charge in [-0.1, -0.05) is 13.0 Å². The number of benzene rings is 1. The largest absolute Gasteiger partial charge is 0.411 e. The molecule has 0 aromatic heterocycles. The van der Waals surface area contributed by atoms with Gasteiger partial charge in [0.15, 0.2) is 11.6 Å². The summed E-state index contributed by atoms with van der Waals surface area (Å²) in [4.78, 5) is 0. The maximum absolute atomic E-state index is 13.1. The van der Waals surface area contributed by atoms with Gasteiger partial charge in [0, 0.05) is 0 Å². The van der Waals surface area contributed by atoms with Gasteiger partial charge in [-0.2, -0.15) is 13.2 Å². The number of alkyl halides is 3. The minimum atomic E-state index is -4.41. The van der Waals surface area contributed by atoms with Crippen LogP contribution in [0.3, 0.4) is 0 Å². The van der Waals surface area contributed by atoms with E-state index in [-0.39, 0.29) is 6.61 Å². The zero-order chi connectivity index (χ0) is 15.2. The second kappa shape index (κ2) is 7.54. The molecule has 1 N–H and O–H groups in total. The molecule has 0 aliphatic heterocycles. The van der Waals surface area contributed by atoms with Crippen LogP contribution >= 0.6 is 0 Å². The van der Waals surface area contributed by atoms with Crippen molar-refractivity contribution in [3.05, 3.63) is 35.4 Å². The zero-order valence-electron chi connectivity index (χ0n) is 10.9. The Bertz CT molecular complexity index is 422. The molecule has 0 aliphatic carbocycles. The molecule has 1 unspecified atom stereocenters. The van der Waals surface area contributed by atoms with Crippen molar-refractivity contribution in [1.29, 1.82) is 0 Å². The highest BCUT2D eigenvalue weighted by Crippen LogP contribution is 2.19. The summed E-state index contributed by atoms with van der Waals surface area (Å²) in [6.07, 6.45) is -3.66. The molecule has 0 heterocycles. The Balaban J connectivity index is 2.69. The van der Waals surface area contributed by atoms with E-state index in [0.717, 1.165) is 18.6 Å². The van der Waals surface area contributed by atoms with Crippen LogP contribution in [0.4, 0.5) is 22.0 Å². The molecule has 1 aromatic rings. The van der Waals surface area contributed by atoms with E-state index in [1.807, 2.05) is 6.92 Å². The molecule has 0 saturated heterocycles. The summed E-state index contributed by atoms with van der Waals surface area (Å²) in [5.41, 5.74) is 0.347. The molecule has 1 atom stereocenters. The van der Waals surface area contributed by atoms with Crippen LogP contribution in [0.15, 0.2) is 18.2 Å². The van der Waals surface area contributed by atoms with Gasteiger partial charge in [0.1, 0.15) is 6.61 Å². The highest BCUT2D eigenvalue weighted by molar-refractivity contribution is 5.21. The average molecular weight is 297 g/mol. The molecule has 2 nitrogen and oxygen atoms in total. The normalized spacial score (nSPS) is 13.5. The van der Waals surface area contributed by atoms with E-state index >= 15 is 0 Å². The van der Waals surface area contributed by atoms with Gasteiger partial charge >= 0.3 is 6.18 Å². The molecule has 0 spiro atoms. The van der Waals surface area contributed by atoms with Crippen LogP contribution in [0.2, 0.25) is 0 Å². The third-order valence-corrected chi connectivity index (χ3v) is 2.54. The minimum absolute atomic E-state index is 0.273. The van der Waals surface area contributed by atoms with Gasteiger partial charge in [0.2, 0.25) is 0 Å². The minimum Gasteiger partial charge on any atom is -0.370 e. The standard InChI is InChI=1S/C13H16F5NO/c1-2-5-19-12(7-20-8-13(16,17)18)9-3-4-10(14)11(15)6-9/h3-4,6,12,19H,2,5,7-8H2,1H3. The number of ether oxygens (including phenoxy) is 1. The van der Waals surface area contributed by atoms with Crippen LogP contribution in [0, 0.1) is 11.6 Å². The van der Waals surface area contributed by atoms with E-state index in [0.29, 0.717) is 12.1 Å². The predicted molar refractivity (Wildman–Crippen MR) is 64.3 cm³/mol. The van der Waals surface area contributed by atoms with E-state index in [2.05, 4.69) is 10.1 Å². The van der Waals surface area contributed by atoms with Crippen molar-refractivity contribution < 1.29 is 26.7 Å². The summed E-state index contributed by atoms with van der Waals surface area (Å²) in [6.45, 7) is 0.760. The highest BCUT2D eigenvalue weighted by Gasteiger charge is 2.28. The van der Waals surface area contributed by atoms with Crippen molar-refractivity contribution >= 4 is 0 Å². The Labute approximate surface area is 113 Å². The molecule has 0 saturated carbocycles. The van der Waals surface area contributed by atoms with E-state index < -0.39 is 30.5 Å². The first-order valence-electron chi connectivity index (χ1n) is 6.16.